The number of hydrogen-bond donors (Lipinski definition) is 2. The Labute approximate surface area is 122 Å². The monoisotopic (exact) mass is 276 g/mol. The third kappa shape index (κ3) is 5.60. The van der Waals surface area contributed by atoms with Gasteiger partial charge in [0.25, 0.3) is 0 Å². The summed E-state index contributed by atoms with van der Waals surface area (Å²) in [5.74, 6) is 0. The first-order chi connectivity index (χ1) is 9.34. The molecule has 0 aliphatic heterocycles. The van der Waals surface area contributed by atoms with Crippen LogP contribution in [-0.4, -0.2) is 17.7 Å². The van der Waals surface area contributed by atoms with E-state index in [4.69, 9.17) is 12.2 Å². The lowest BCUT2D eigenvalue weighted by molar-refractivity contribution is 0.412. The van der Waals surface area contributed by atoms with Gasteiger partial charge in [-0.1, -0.05) is 49.6 Å². The van der Waals surface area contributed by atoms with Gasteiger partial charge in [-0.05, 0) is 43.5 Å². The van der Waals surface area contributed by atoms with Crippen LogP contribution in [0.1, 0.15) is 44.1 Å². The van der Waals surface area contributed by atoms with Crippen molar-refractivity contribution in [3.8, 4) is 0 Å². The average molecular weight is 276 g/mol. The SMILES string of the molecule is S=C(NCCCc1ccccc1)NC1CCCCC1. The Bertz CT molecular complexity index is 372. The molecule has 1 aromatic rings. The van der Waals surface area contributed by atoms with Crippen LogP contribution in [0.25, 0.3) is 0 Å². The van der Waals surface area contributed by atoms with Crippen LogP contribution in [0.4, 0.5) is 0 Å². The molecule has 2 nitrogen and oxygen atoms in total. The number of thiocarbonyl (C=S) groups is 1. The lowest BCUT2D eigenvalue weighted by atomic mass is 9.96. The highest BCUT2D eigenvalue weighted by Gasteiger charge is 2.13. The smallest absolute Gasteiger partial charge is 0.166 e. The first kappa shape index (κ1) is 14.3. The van der Waals surface area contributed by atoms with Crippen molar-refractivity contribution < 1.29 is 0 Å². The van der Waals surface area contributed by atoms with E-state index in [9.17, 15) is 0 Å². The van der Waals surface area contributed by atoms with E-state index in [-0.39, 0.29) is 0 Å². The molecular formula is C16H24N2S. The summed E-state index contributed by atoms with van der Waals surface area (Å²) < 4.78 is 0. The predicted molar refractivity (Wildman–Crippen MR) is 85.4 cm³/mol. The summed E-state index contributed by atoms with van der Waals surface area (Å²) in [4.78, 5) is 0. The van der Waals surface area contributed by atoms with Crippen molar-refractivity contribution >= 4 is 17.3 Å². The fourth-order valence-electron chi connectivity index (χ4n) is 2.62. The number of rotatable bonds is 5. The standard InChI is InChI=1S/C16H24N2S/c19-16(18-15-11-5-2-6-12-15)17-13-7-10-14-8-3-1-4-9-14/h1,3-4,8-9,15H,2,5-7,10-13H2,(H2,17,18,19). The van der Waals surface area contributed by atoms with Crippen LogP contribution in [0, 0.1) is 0 Å². The van der Waals surface area contributed by atoms with Gasteiger partial charge in [-0.25, -0.2) is 0 Å². The maximum absolute atomic E-state index is 5.34. The Morgan fingerprint density at radius 1 is 1.11 bits per heavy atom. The minimum absolute atomic E-state index is 0.600. The van der Waals surface area contributed by atoms with E-state index in [2.05, 4.69) is 41.0 Å². The van der Waals surface area contributed by atoms with Crippen LogP contribution >= 0.6 is 12.2 Å². The number of hydrogen-bond acceptors (Lipinski definition) is 1. The van der Waals surface area contributed by atoms with Crippen LogP contribution in [0.3, 0.4) is 0 Å². The predicted octanol–water partition coefficient (Wildman–Crippen LogP) is 3.42. The molecule has 2 rings (SSSR count). The molecule has 0 saturated heterocycles. The molecule has 0 atom stereocenters. The van der Waals surface area contributed by atoms with E-state index in [1.165, 1.54) is 37.7 Å². The number of benzene rings is 1. The third-order valence-corrected chi connectivity index (χ3v) is 3.97. The van der Waals surface area contributed by atoms with Crippen LogP contribution in [-0.2, 0) is 6.42 Å². The summed E-state index contributed by atoms with van der Waals surface area (Å²) in [6.07, 6.45) is 8.84. The molecule has 1 aliphatic rings. The molecule has 2 N–H and O–H groups in total. The van der Waals surface area contributed by atoms with Crippen molar-refractivity contribution in [3.63, 3.8) is 0 Å². The quantitative estimate of drug-likeness (QED) is 0.636. The minimum Gasteiger partial charge on any atom is -0.363 e. The Morgan fingerprint density at radius 3 is 2.58 bits per heavy atom. The van der Waals surface area contributed by atoms with E-state index >= 15 is 0 Å². The van der Waals surface area contributed by atoms with Crippen molar-refractivity contribution in [2.45, 2.75) is 51.0 Å². The lowest BCUT2D eigenvalue weighted by Crippen LogP contribution is -2.43. The van der Waals surface area contributed by atoms with Gasteiger partial charge in [0.1, 0.15) is 0 Å². The maximum Gasteiger partial charge on any atom is 0.166 e. The molecule has 0 heterocycles. The zero-order chi connectivity index (χ0) is 13.3. The van der Waals surface area contributed by atoms with Gasteiger partial charge in [-0.3, -0.25) is 0 Å². The van der Waals surface area contributed by atoms with Gasteiger partial charge in [-0.15, -0.1) is 0 Å². The molecule has 0 bridgehead atoms. The summed E-state index contributed by atoms with van der Waals surface area (Å²) in [6, 6.07) is 11.2. The van der Waals surface area contributed by atoms with Gasteiger partial charge < -0.3 is 10.6 Å². The molecule has 0 amide bonds. The molecule has 0 unspecified atom stereocenters. The fourth-order valence-corrected chi connectivity index (χ4v) is 2.89. The van der Waals surface area contributed by atoms with E-state index in [1.807, 2.05) is 0 Å². The van der Waals surface area contributed by atoms with Gasteiger partial charge in [0.15, 0.2) is 5.11 Å². The highest BCUT2D eigenvalue weighted by Crippen LogP contribution is 2.17. The average Bonchev–Trinajstić information content (AvgIpc) is 2.46. The van der Waals surface area contributed by atoms with Gasteiger partial charge in [0.05, 0.1) is 0 Å². The van der Waals surface area contributed by atoms with Gasteiger partial charge >= 0.3 is 0 Å². The van der Waals surface area contributed by atoms with Crippen molar-refractivity contribution in [2.75, 3.05) is 6.54 Å². The molecule has 0 radical (unpaired) electrons. The van der Waals surface area contributed by atoms with E-state index in [1.54, 1.807) is 0 Å². The Kier molecular flexibility index (Phi) is 6.15. The van der Waals surface area contributed by atoms with Crippen molar-refractivity contribution in [1.82, 2.24) is 10.6 Å². The second-order valence-corrected chi connectivity index (χ2v) is 5.73. The fraction of sp³-hybridized carbons (Fsp3) is 0.562. The van der Waals surface area contributed by atoms with Crippen LogP contribution in [0.5, 0.6) is 0 Å². The Balaban J connectivity index is 1.56. The zero-order valence-electron chi connectivity index (χ0n) is 11.5. The third-order valence-electron chi connectivity index (χ3n) is 3.71. The van der Waals surface area contributed by atoms with E-state index < -0.39 is 0 Å². The topological polar surface area (TPSA) is 24.1 Å². The lowest BCUT2D eigenvalue weighted by Gasteiger charge is -2.24. The summed E-state index contributed by atoms with van der Waals surface area (Å²) in [7, 11) is 0. The van der Waals surface area contributed by atoms with Crippen LogP contribution in [0.15, 0.2) is 30.3 Å². The number of nitrogens with one attached hydrogen (secondary N) is 2. The van der Waals surface area contributed by atoms with Gasteiger partial charge in [-0.2, -0.15) is 0 Å². The second kappa shape index (κ2) is 8.16. The van der Waals surface area contributed by atoms with Gasteiger partial charge in [0.2, 0.25) is 0 Å². The summed E-state index contributed by atoms with van der Waals surface area (Å²) in [5.41, 5.74) is 1.40. The molecule has 0 aromatic heterocycles. The van der Waals surface area contributed by atoms with E-state index in [0.717, 1.165) is 24.5 Å². The molecule has 1 saturated carbocycles. The van der Waals surface area contributed by atoms with Crippen molar-refractivity contribution in [1.29, 1.82) is 0 Å². The molecular weight excluding hydrogens is 252 g/mol. The highest BCUT2D eigenvalue weighted by atomic mass is 32.1. The largest absolute Gasteiger partial charge is 0.363 e. The maximum atomic E-state index is 5.34. The van der Waals surface area contributed by atoms with Crippen LogP contribution in [0.2, 0.25) is 0 Å². The Morgan fingerprint density at radius 2 is 1.84 bits per heavy atom. The molecule has 1 aromatic carbocycles. The first-order valence-electron chi connectivity index (χ1n) is 7.43. The van der Waals surface area contributed by atoms with Crippen LogP contribution < -0.4 is 10.6 Å². The summed E-state index contributed by atoms with van der Waals surface area (Å²) in [6.45, 7) is 0.952. The number of aryl methyl sites for hydroxylation is 1. The second-order valence-electron chi connectivity index (χ2n) is 5.32. The highest BCUT2D eigenvalue weighted by molar-refractivity contribution is 7.80. The molecule has 104 valence electrons. The molecule has 1 fully saturated rings. The minimum atomic E-state index is 0.600. The van der Waals surface area contributed by atoms with Crippen molar-refractivity contribution in [2.24, 2.45) is 0 Å². The Hall–Kier alpha value is -1.09. The summed E-state index contributed by atoms with van der Waals surface area (Å²) >= 11 is 5.34. The molecule has 0 spiro atoms. The molecule has 3 heteroatoms. The first-order valence-corrected chi connectivity index (χ1v) is 7.84. The molecule has 1 aliphatic carbocycles. The normalized spacial score (nSPS) is 16.0. The van der Waals surface area contributed by atoms with Crippen molar-refractivity contribution in [3.05, 3.63) is 35.9 Å². The van der Waals surface area contributed by atoms with Gasteiger partial charge in [0, 0.05) is 12.6 Å². The zero-order valence-corrected chi connectivity index (χ0v) is 12.3. The molecule has 19 heavy (non-hydrogen) atoms. The van der Waals surface area contributed by atoms with E-state index in [0.29, 0.717) is 6.04 Å². The summed E-state index contributed by atoms with van der Waals surface area (Å²) in [5, 5.41) is 7.59.